The van der Waals surface area contributed by atoms with Crippen molar-refractivity contribution in [2.45, 2.75) is 31.2 Å². The number of benzene rings is 2. The third-order valence-electron chi connectivity index (χ3n) is 5.87. The normalized spacial score (nSPS) is 25.7. The number of nitrogens with zero attached hydrogens (tertiary/aromatic N) is 1. The lowest BCUT2D eigenvalue weighted by atomic mass is 9.89. The molecule has 5 heteroatoms. The number of anilines is 1. The summed E-state index contributed by atoms with van der Waals surface area (Å²) in [5.74, 6) is 1.09. The van der Waals surface area contributed by atoms with Crippen LogP contribution in [0.1, 0.15) is 30.7 Å². The molecule has 2 aliphatic heterocycles. The molecule has 5 nitrogen and oxygen atoms in total. The molecule has 0 aromatic heterocycles. The van der Waals surface area contributed by atoms with E-state index in [2.05, 4.69) is 24.3 Å². The van der Waals surface area contributed by atoms with E-state index in [1.54, 1.807) is 31.4 Å². The van der Waals surface area contributed by atoms with Gasteiger partial charge in [0.1, 0.15) is 5.75 Å². The summed E-state index contributed by atoms with van der Waals surface area (Å²) in [6.07, 6.45) is 2.41. The highest BCUT2D eigenvalue weighted by Gasteiger charge is 2.46. The number of nitrogens with one attached hydrogen (secondary N) is 1. The maximum atomic E-state index is 13.0. The standard InChI is InChI=1S/C22H24N2O3/c1-27-19-9-7-18(8-10-19)24-21(25)15-20(22(24)26)23-13-11-17(12-14-23)16-5-3-2-4-6-16/h2-10,17,20H,11-15H2,1H3/p+1/t20-/m0/s1. The Kier molecular flexibility index (Phi) is 4.94. The lowest BCUT2D eigenvalue weighted by Gasteiger charge is -2.32. The minimum Gasteiger partial charge on any atom is -0.497 e. The third kappa shape index (κ3) is 3.47. The van der Waals surface area contributed by atoms with Gasteiger partial charge < -0.3 is 9.64 Å². The Labute approximate surface area is 159 Å². The number of amides is 2. The van der Waals surface area contributed by atoms with Crippen molar-refractivity contribution in [2.24, 2.45) is 0 Å². The van der Waals surface area contributed by atoms with E-state index >= 15 is 0 Å². The molecule has 0 saturated carbocycles. The Morgan fingerprint density at radius 2 is 1.63 bits per heavy atom. The van der Waals surface area contributed by atoms with E-state index in [-0.39, 0.29) is 17.9 Å². The van der Waals surface area contributed by atoms with Gasteiger partial charge in [-0.05, 0) is 35.7 Å². The fraction of sp³-hybridized carbons (Fsp3) is 0.364. The van der Waals surface area contributed by atoms with Crippen LogP contribution in [-0.4, -0.2) is 38.1 Å². The number of carbonyl (C=O) groups is 2. The van der Waals surface area contributed by atoms with Crippen molar-refractivity contribution >= 4 is 17.5 Å². The highest BCUT2D eigenvalue weighted by Crippen LogP contribution is 2.26. The number of imide groups is 1. The molecule has 2 aliphatic rings. The van der Waals surface area contributed by atoms with E-state index in [0.29, 0.717) is 23.8 Å². The van der Waals surface area contributed by atoms with Crippen LogP contribution in [0.25, 0.3) is 0 Å². The summed E-state index contributed by atoms with van der Waals surface area (Å²) < 4.78 is 5.16. The number of hydrogen-bond acceptors (Lipinski definition) is 3. The quantitative estimate of drug-likeness (QED) is 0.841. The monoisotopic (exact) mass is 365 g/mol. The van der Waals surface area contributed by atoms with E-state index in [4.69, 9.17) is 4.74 Å². The number of ether oxygens (including phenoxy) is 1. The molecule has 2 aromatic rings. The predicted molar refractivity (Wildman–Crippen MR) is 103 cm³/mol. The first kappa shape index (κ1) is 17.7. The Balaban J connectivity index is 1.43. The summed E-state index contributed by atoms with van der Waals surface area (Å²) in [5, 5.41) is 0. The van der Waals surface area contributed by atoms with Crippen LogP contribution in [0.15, 0.2) is 54.6 Å². The van der Waals surface area contributed by atoms with Gasteiger partial charge in [0.15, 0.2) is 6.04 Å². The molecule has 1 atom stereocenters. The first-order valence-corrected chi connectivity index (χ1v) is 9.57. The van der Waals surface area contributed by atoms with Crippen molar-refractivity contribution in [1.29, 1.82) is 0 Å². The molecule has 2 amide bonds. The zero-order valence-corrected chi connectivity index (χ0v) is 15.6. The van der Waals surface area contributed by atoms with Crippen LogP contribution in [0.4, 0.5) is 5.69 Å². The van der Waals surface area contributed by atoms with Crippen LogP contribution < -0.4 is 14.5 Å². The van der Waals surface area contributed by atoms with Crippen LogP contribution in [-0.2, 0) is 9.59 Å². The second-order valence-electron chi connectivity index (χ2n) is 7.37. The first-order valence-electron chi connectivity index (χ1n) is 9.57. The average molecular weight is 365 g/mol. The third-order valence-corrected chi connectivity index (χ3v) is 5.87. The van der Waals surface area contributed by atoms with E-state index in [9.17, 15) is 9.59 Å². The summed E-state index contributed by atoms with van der Waals surface area (Å²) in [7, 11) is 1.60. The van der Waals surface area contributed by atoms with Crippen LogP contribution in [0.2, 0.25) is 0 Å². The second kappa shape index (κ2) is 7.53. The van der Waals surface area contributed by atoms with E-state index in [1.807, 2.05) is 6.07 Å². The lowest BCUT2D eigenvalue weighted by molar-refractivity contribution is -0.920. The number of methoxy groups -OCH3 is 1. The number of carbonyl (C=O) groups excluding carboxylic acids is 2. The zero-order valence-electron chi connectivity index (χ0n) is 15.6. The van der Waals surface area contributed by atoms with Crippen molar-refractivity contribution in [1.82, 2.24) is 0 Å². The zero-order chi connectivity index (χ0) is 18.8. The van der Waals surface area contributed by atoms with Crippen LogP contribution in [0.5, 0.6) is 5.75 Å². The van der Waals surface area contributed by atoms with Crippen LogP contribution in [0, 0.1) is 0 Å². The SMILES string of the molecule is COc1ccc(N2C(=O)C[C@H]([NH+]3CCC(c4ccccc4)CC3)C2=O)cc1. The molecular formula is C22H25N2O3+. The number of quaternary nitrogens is 1. The molecule has 1 N–H and O–H groups in total. The predicted octanol–water partition coefficient (Wildman–Crippen LogP) is 1.79. The Bertz CT molecular complexity index is 811. The molecular weight excluding hydrogens is 340 g/mol. The second-order valence-corrected chi connectivity index (χ2v) is 7.37. The van der Waals surface area contributed by atoms with Crippen molar-refractivity contribution in [3.63, 3.8) is 0 Å². The summed E-state index contributed by atoms with van der Waals surface area (Å²) >= 11 is 0. The maximum Gasteiger partial charge on any atom is 0.292 e. The van der Waals surface area contributed by atoms with Crippen molar-refractivity contribution in [3.05, 3.63) is 60.2 Å². The van der Waals surface area contributed by atoms with E-state index in [1.165, 1.54) is 15.4 Å². The van der Waals surface area contributed by atoms with Crippen molar-refractivity contribution < 1.29 is 19.2 Å². The minimum atomic E-state index is -0.253. The van der Waals surface area contributed by atoms with Gasteiger partial charge in [-0.2, -0.15) is 0 Å². The van der Waals surface area contributed by atoms with Gasteiger partial charge in [0.05, 0.1) is 32.3 Å². The highest BCUT2D eigenvalue weighted by molar-refractivity contribution is 6.21. The topological polar surface area (TPSA) is 51.0 Å². The average Bonchev–Trinajstić information content (AvgIpc) is 3.03. The van der Waals surface area contributed by atoms with Gasteiger partial charge in [-0.15, -0.1) is 0 Å². The van der Waals surface area contributed by atoms with Crippen LogP contribution >= 0.6 is 0 Å². The largest absolute Gasteiger partial charge is 0.497 e. The van der Waals surface area contributed by atoms with E-state index in [0.717, 1.165) is 25.9 Å². The Hall–Kier alpha value is -2.66. The smallest absolute Gasteiger partial charge is 0.292 e. The fourth-order valence-electron chi connectivity index (χ4n) is 4.35. The molecule has 2 saturated heterocycles. The molecule has 140 valence electrons. The van der Waals surface area contributed by atoms with E-state index < -0.39 is 0 Å². The molecule has 2 heterocycles. The molecule has 0 radical (unpaired) electrons. The molecule has 27 heavy (non-hydrogen) atoms. The van der Waals surface area contributed by atoms with Crippen molar-refractivity contribution in [2.75, 3.05) is 25.1 Å². The highest BCUT2D eigenvalue weighted by atomic mass is 16.5. The molecule has 0 aliphatic carbocycles. The fourth-order valence-corrected chi connectivity index (χ4v) is 4.35. The summed E-state index contributed by atoms with van der Waals surface area (Å²) in [6, 6.07) is 17.4. The van der Waals surface area contributed by atoms with Crippen LogP contribution in [0.3, 0.4) is 0 Å². The Morgan fingerprint density at radius 1 is 0.963 bits per heavy atom. The van der Waals surface area contributed by atoms with Crippen molar-refractivity contribution in [3.8, 4) is 5.75 Å². The molecule has 0 unspecified atom stereocenters. The maximum absolute atomic E-state index is 13.0. The summed E-state index contributed by atoms with van der Waals surface area (Å²) in [5.41, 5.74) is 2.01. The van der Waals surface area contributed by atoms with Gasteiger partial charge in [-0.1, -0.05) is 30.3 Å². The summed E-state index contributed by atoms with van der Waals surface area (Å²) in [4.78, 5) is 28.1. The molecule has 2 aromatic carbocycles. The van der Waals surface area contributed by atoms with Gasteiger partial charge in [0.25, 0.3) is 5.91 Å². The lowest BCUT2D eigenvalue weighted by Crippen LogP contribution is -3.17. The molecule has 4 rings (SSSR count). The van der Waals surface area contributed by atoms with Gasteiger partial charge in [0.2, 0.25) is 5.91 Å². The molecule has 0 bridgehead atoms. The van der Waals surface area contributed by atoms with Gasteiger partial charge in [-0.25, -0.2) is 4.90 Å². The molecule has 2 fully saturated rings. The summed E-state index contributed by atoms with van der Waals surface area (Å²) in [6.45, 7) is 1.86. The number of piperidine rings is 1. The number of likely N-dealkylation sites (tertiary alicyclic amines) is 1. The minimum absolute atomic E-state index is 0.0710. The van der Waals surface area contributed by atoms with Gasteiger partial charge >= 0.3 is 0 Å². The van der Waals surface area contributed by atoms with Gasteiger partial charge in [-0.3, -0.25) is 9.59 Å². The molecule has 0 spiro atoms. The Morgan fingerprint density at radius 3 is 2.26 bits per heavy atom. The first-order chi connectivity index (χ1) is 13.2. The van der Waals surface area contributed by atoms with Gasteiger partial charge in [0, 0.05) is 12.8 Å². The number of hydrogen-bond donors (Lipinski definition) is 1. The number of rotatable bonds is 4.